The quantitative estimate of drug-likeness (QED) is 0.730. The lowest BCUT2D eigenvalue weighted by atomic mass is 10.1. The number of nitrogens with one attached hydrogen (secondary N) is 1. The maximum absolute atomic E-state index is 13.6. The Labute approximate surface area is 146 Å². The van der Waals surface area contributed by atoms with Gasteiger partial charge in [-0.3, -0.25) is 4.79 Å². The van der Waals surface area contributed by atoms with Gasteiger partial charge < -0.3 is 4.74 Å². The van der Waals surface area contributed by atoms with Crippen molar-refractivity contribution in [1.82, 2.24) is 4.72 Å². The molecule has 1 N–H and O–H groups in total. The van der Waals surface area contributed by atoms with Crippen LogP contribution in [0.3, 0.4) is 0 Å². The summed E-state index contributed by atoms with van der Waals surface area (Å²) in [6.45, 7) is 4.06. The van der Waals surface area contributed by atoms with E-state index in [0.717, 1.165) is 12.1 Å². The molecule has 0 fully saturated rings. The molecule has 0 aliphatic heterocycles. The van der Waals surface area contributed by atoms with Gasteiger partial charge in [-0.1, -0.05) is 38.1 Å². The summed E-state index contributed by atoms with van der Waals surface area (Å²) in [6.07, 6.45) is 0. The number of ether oxygens (including phenoxy) is 1. The first-order valence-corrected chi connectivity index (χ1v) is 9.28. The van der Waals surface area contributed by atoms with Crippen molar-refractivity contribution in [2.24, 2.45) is 5.92 Å². The molecule has 134 valence electrons. The average molecular weight is 365 g/mol. The number of hydrogen-bond donors (Lipinski definition) is 1. The molecule has 5 nitrogen and oxygen atoms in total. The van der Waals surface area contributed by atoms with Gasteiger partial charge in [-0.25, -0.2) is 17.5 Å². The van der Waals surface area contributed by atoms with Crippen molar-refractivity contribution < 1.29 is 22.3 Å². The number of sulfonamides is 1. The van der Waals surface area contributed by atoms with Crippen LogP contribution in [0, 0.1) is 11.7 Å². The first kappa shape index (κ1) is 19.1. The van der Waals surface area contributed by atoms with Crippen molar-refractivity contribution in [3.8, 4) is 5.75 Å². The van der Waals surface area contributed by atoms with Crippen LogP contribution in [0.4, 0.5) is 4.39 Å². The second-order valence-electron chi connectivity index (χ2n) is 5.91. The number of ketones is 1. The van der Waals surface area contributed by atoms with Crippen LogP contribution in [-0.2, 0) is 10.0 Å². The average Bonchev–Trinajstić information content (AvgIpc) is 2.58. The van der Waals surface area contributed by atoms with E-state index in [1.54, 1.807) is 24.3 Å². The Kier molecular flexibility index (Phi) is 6.27. The zero-order valence-electron chi connectivity index (χ0n) is 14.0. The third-order valence-corrected chi connectivity index (χ3v) is 4.72. The van der Waals surface area contributed by atoms with Crippen molar-refractivity contribution in [3.05, 3.63) is 59.9 Å². The molecule has 0 atom stereocenters. The Morgan fingerprint density at radius 1 is 1.16 bits per heavy atom. The van der Waals surface area contributed by atoms with Crippen LogP contribution < -0.4 is 9.46 Å². The van der Waals surface area contributed by atoms with Gasteiger partial charge in [-0.15, -0.1) is 0 Å². The van der Waals surface area contributed by atoms with Crippen molar-refractivity contribution in [2.45, 2.75) is 18.7 Å². The highest BCUT2D eigenvalue weighted by Gasteiger charge is 2.19. The summed E-state index contributed by atoms with van der Waals surface area (Å²) in [5, 5.41) is 0. The van der Waals surface area contributed by atoms with Crippen molar-refractivity contribution in [1.29, 1.82) is 0 Å². The third-order valence-electron chi connectivity index (χ3n) is 3.29. The fourth-order valence-electron chi connectivity index (χ4n) is 2.03. The summed E-state index contributed by atoms with van der Waals surface area (Å²) in [5.74, 6) is -0.426. The topological polar surface area (TPSA) is 72.5 Å². The lowest BCUT2D eigenvalue weighted by Crippen LogP contribution is -2.30. The zero-order chi connectivity index (χ0) is 18.4. The molecule has 0 saturated heterocycles. The van der Waals surface area contributed by atoms with Crippen LogP contribution in [0.15, 0.2) is 53.4 Å². The summed E-state index contributed by atoms with van der Waals surface area (Å²) in [7, 11) is -4.10. The van der Waals surface area contributed by atoms with Gasteiger partial charge in [0.25, 0.3) is 0 Å². The molecule has 2 aromatic rings. The Balaban J connectivity index is 2.05. The van der Waals surface area contributed by atoms with E-state index in [4.69, 9.17) is 4.74 Å². The fourth-order valence-corrected chi connectivity index (χ4v) is 3.08. The van der Waals surface area contributed by atoms with Gasteiger partial charge in [0.15, 0.2) is 5.78 Å². The molecule has 0 aliphatic rings. The largest absolute Gasteiger partial charge is 0.493 e. The van der Waals surface area contributed by atoms with Crippen LogP contribution in [-0.4, -0.2) is 27.4 Å². The first-order chi connectivity index (χ1) is 11.8. The van der Waals surface area contributed by atoms with E-state index in [1.165, 1.54) is 12.1 Å². The third kappa shape index (κ3) is 5.37. The van der Waals surface area contributed by atoms with E-state index in [1.807, 2.05) is 13.8 Å². The fraction of sp³-hybridized carbons (Fsp3) is 0.278. The molecule has 2 aromatic carbocycles. The molecule has 0 radical (unpaired) electrons. The molecule has 0 heterocycles. The molecule has 0 bridgehead atoms. The Morgan fingerprint density at radius 2 is 1.88 bits per heavy atom. The molecule has 0 aromatic heterocycles. The zero-order valence-corrected chi connectivity index (χ0v) is 14.8. The van der Waals surface area contributed by atoms with Gasteiger partial charge in [0, 0.05) is 5.56 Å². The second-order valence-corrected chi connectivity index (χ2v) is 7.65. The minimum atomic E-state index is -4.10. The van der Waals surface area contributed by atoms with Gasteiger partial charge >= 0.3 is 0 Å². The molecule has 0 amide bonds. The summed E-state index contributed by atoms with van der Waals surface area (Å²) in [4.78, 5) is 11.7. The maximum atomic E-state index is 13.6. The second kappa shape index (κ2) is 8.22. The Hall–Kier alpha value is -2.25. The highest BCUT2D eigenvalue weighted by atomic mass is 32.2. The van der Waals surface area contributed by atoms with Crippen LogP contribution in [0.5, 0.6) is 5.75 Å². The number of carbonyl (C=O) groups is 1. The maximum Gasteiger partial charge on any atom is 0.243 e. The molecule has 0 aliphatic carbocycles. The lowest BCUT2D eigenvalue weighted by molar-refractivity contribution is 0.0996. The van der Waals surface area contributed by atoms with E-state index < -0.39 is 33.1 Å². The molecule has 25 heavy (non-hydrogen) atoms. The van der Waals surface area contributed by atoms with E-state index in [9.17, 15) is 17.6 Å². The number of hydrogen-bond acceptors (Lipinski definition) is 4. The van der Waals surface area contributed by atoms with Crippen molar-refractivity contribution in [2.75, 3.05) is 13.2 Å². The molecule has 7 heteroatoms. The summed E-state index contributed by atoms with van der Waals surface area (Å²) in [5.41, 5.74) is 0.317. The van der Waals surface area contributed by atoms with E-state index in [0.29, 0.717) is 23.8 Å². The lowest BCUT2D eigenvalue weighted by Gasteiger charge is -2.10. The SMILES string of the molecule is CC(C)COc1cccc(C(=O)CNS(=O)(=O)c2ccccc2F)c1. The highest BCUT2D eigenvalue weighted by molar-refractivity contribution is 7.89. The number of Topliss-reactive ketones (excluding diaryl/α,β-unsaturated/α-hetero) is 1. The van der Waals surface area contributed by atoms with Gasteiger partial charge in [-0.2, -0.15) is 0 Å². The van der Waals surface area contributed by atoms with Gasteiger partial charge in [0.1, 0.15) is 16.5 Å². The van der Waals surface area contributed by atoms with E-state index in [-0.39, 0.29) is 0 Å². The molecule has 0 saturated carbocycles. The number of benzene rings is 2. The van der Waals surface area contributed by atoms with Gasteiger partial charge in [-0.05, 0) is 30.2 Å². The molecule has 0 spiro atoms. The standard InChI is InChI=1S/C18H20FNO4S/c1-13(2)12-24-15-7-5-6-14(10-15)17(21)11-20-25(22,23)18-9-4-3-8-16(18)19/h3-10,13,20H,11-12H2,1-2H3. The smallest absolute Gasteiger partial charge is 0.243 e. The predicted octanol–water partition coefficient (Wildman–Crippen LogP) is 3.02. The van der Waals surface area contributed by atoms with Crippen LogP contribution in [0.2, 0.25) is 0 Å². The van der Waals surface area contributed by atoms with E-state index in [2.05, 4.69) is 4.72 Å². The molecule has 2 rings (SSSR count). The van der Waals surface area contributed by atoms with Crippen LogP contribution in [0.1, 0.15) is 24.2 Å². The Morgan fingerprint density at radius 3 is 2.56 bits per heavy atom. The van der Waals surface area contributed by atoms with Crippen LogP contribution >= 0.6 is 0 Å². The van der Waals surface area contributed by atoms with Crippen LogP contribution in [0.25, 0.3) is 0 Å². The van der Waals surface area contributed by atoms with E-state index >= 15 is 0 Å². The minimum Gasteiger partial charge on any atom is -0.493 e. The monoisotopic (exact) mass is 365 g/mol. The minimum absolute atomic E-state index is 0.317. The van der Waals surface area contributed by atoms with Crippen molar-refractivity contribution >= 4 is 15.8 Å². The number of carbonyl (C=O) groups excluding carboxylic acids is 1. The normalized spacial score (nSPS) is 11.5. The summed E-state index contributed by atoms with van der Waals surface area (Å²) >= 11 is 0. The van der Waals surface area contributed by atoms with Crippen molar-refractivity contribution in [3.63, 3.8) is 0 Å². The van der Waals surface area contributed by atoms with Gasteiger partial charge in [0.05, 0.1) is 13.2 Å². The first-order valence-electron chi connectivity index (χ1n) is 7.80. The molecule has 0 unspecified atom stereocenters. The number of rotatable bonds is 8. The summed E-state index contributed by atoms with van der Waals surface area (Å²) in [6, 6.07) is 11.5. The molecular formula is C18H20FNO4S. The molecular weight excluding hydrogens is 345 g/mol. The number of halogens is 1. The highest BCUT2D eigenvalue weighted by Crippen LogP contribution is 2.16. The predicted molar refractivity (Wildman–Crippen MR) is 92.7 cm³/mol. The van der Waals surface area contributed by atoms with Gasteiger partial charge in [0.2, 0.25) is 10.0 Å². The summed E-state index contributed by atoms with van der Waals surface area (Å²) < 4.78 is 45.5. The Bertz CT molecular complexity index is 850.